The summed E-state index contributed by atoms with van der Waals surface area (Å²) in [6, 6.07) is 66.7. The first-order valence-electron chi connectivity index (χ1n) is 19.9. The average Bonchev–Trinajstić information content (AvgIpc) is 3.30. The van der Waals surface area contributed by atoms with Crippen LogP contribution in [0, 0.1) is 11.6 Å². The minimum Gasteiger partial charge on any atom is -0.310 e. The number of halogens is 2. The maximum absolute atomic E-state index is 14.7. The fourth-order valence-electron chi connectivity index (χ4n) is 8.63. The van der Waals surface area contributed by atoms with Crippen molar-refractivity contribution >= 4 is 88.2 Å². The summed E-state index contributed by atoms with van der Waals surface area (Å²) >= 11 is 0. The molecule has 10 aromatic carbocycles. The Morgan fingerprint density at radius 2 is 0.817 bits per heavy atom. The molecule has 0 aliphatic rings. The Morgan fingerprint density at radius 3 is 1.35 bits per heavy atom. The molecule has 284 valence electrons. The van der Waals surface area contributed by atoms with Gasteiger partial charge in [0, 0.05) is 55.9 Å². The summed E-state index contributed by atoms with van der Waals surface area (Å²) in [4.78, 5) is 14.8. The van der Waals surface area contributed by atoms with Crippen LogP contribution in [-0.4, -0.2) is 9.97 Å². The third-order valence-electron chi connectivity index (χ3n) is 11.3. The van der Waals surface area contributed by atoms with Crippen LogP contribution in [-0.2, 0) is 0 Å². The first-order valence-corrected chi connectivity index (χ1v) is 19.9. The lowest BCUT2D eigenvalue weighted by Crippen LogP contribution is -2.11. The summed E-state index contributed by atoms with van der Waals surface area (Å²) in [5.74, 6) is -1.35. The largest absolute Gasteiger partial charge is 0.310 e. The molecule has 60 heavy (non-hydrogen) atoms. The zero-order chi connectivity index (χ0) is 40.2. The van der Waals surface area contributed by atoms with Crippen molar-refractivity contribution in [3.05, 3.63) is 218 Å². The molecule has 11 aromatic rings. The summed E-state index contributed by atoms with van der Waals surface area (Å²) in [7, 11) is 0. The van der Waals surface area contributed by atoms with Crippen molar-refractivity contribution in [3.63, 3.8) is 0 Å². The summed E-state index contributed by atoms with van der Waals surface area (Å²) in [5.41, 5.74) is 7.96. The fraction of sp³-hybridized carbons (Fsp3) is 0. The summed E-state index contributed by atoms with van der Waals surface area (Å²) in [5, 5.41) is 8.27. The predicted molar refractivity (Wildman–Crippen MR) is 244 cm³/mol. The smallest absolute Gasteiger partial charge is 0.126 e. The first kappa shape index (κ1) is 35.2. The molecule has 0 N–H and O–H groups in total. The zero-order valence-electron chi connectivity index (χ0n) is 32.2. The van der Waals surface area contributed by atoms with E-state index in [2.05, 4.69) is 155 Å². The van der Waals surface area contributed by atoms with Crippen LogP contribution in [0.1, 0.15) is 0 Å². The molecular formula is C54H34F2N4. The lowest BCUT2D eigenvalue weighted by Gasteiger charge is -2.28. The van der Waals surface area contributed by atoms with Gasteiger partial charge in [0.2, 0.25) is 0 Å². The maximum atomic E-state index is 14.7. The highest BCUT2D eigenvalue weighted by Crippen LogP contribution is 2.45. The van der Waals surface area contributed by atoms with Gasteiger partial charge in [0.15, 0.2) is 0 Å². The maximum Gasteiger partial charge on any atom is 0.126 e. The highest BCUT2D eigenvalue weighted by molar-refractivity contribution is 6.24. The van der Waals surface area contributed by atoms with Crippen LogP contribution in [0.5, 0.6) is 0 Å². The van der Waals surface area contributed by atoms with E-state index < -0.39 is 11.6 Å². The highest BCUT2D eigenvalue weighted by Gasteiger charge is 2.21. The number of anilines is 6. The molecule has 0 unspecified atom stereocenters. The van der Waals surface area contributed by atoms with Crippen LogP contribution in [0.3, 0.4) is 0 Å². The topological polar surface area (TPSA) is 32.3 Å². The molecule has 0 radical (unpaired) electrons. The number of aromatic nitrogens is 2. The minimum atomic E-state index is -0.676. The number of para-hydroxylation sites is 2. The molecule has 0 atom stereocenters. The van der Waals surface area contributed by atoms with Gasteiger partial charge in [0.25, 0.3) is 0 Å². The first-order chi connectivity index (χ1) is 29.6. The van der Waals surface area contributed by atoms with Gasteiger partial charge in [-0.2, -0.15) is 0 Å². The minimum absolute atomic E-state index is 0.313. The molecule has 0 saturated carbocycles. The van der Waals surface area contributed by atoms with Crippen molar-refractivity contribution in [2.45, 2.75) is 0 Å². The quantitative estimate of drug-likeness (QED) is 0.151. The number of nitrogens with zero attached hydrogens (tertiary/aromatic N) is 4. The van der Waals surface area contributed by atoms with Crippen LogP contribution in [0.15, 0.2) is 206 Å². The molecular weight excluding hydrogens is 743 g/mol. The molecule has 0 spiro atoms. The Hall–Kier alpha value is -7.96. The van der Waals surface area contributed by atoms with Crippen LogP contribution < -0.4 is 9.80 Å². The van der Waals surface area contributed by atoms with E-state index in [1.807, 2.05) is 36.4 Å². The van der Waals surface area contributed by atoms with E-state index in [1.165, 1.54) is 12.1 Å². The van der Waals surface area contributed by atoms with Gasteiger partial charge >= 0.3 is 0 Å². The van der Waals surface area contributed by atoms with E-state index in [1.54, 1.807) is 6.20 Å². The van der Waals surface area contributed by atoms with Crippen molar-refractivity contribution in [2.75, 3.05) is 9.80 Å². The third-order valence-corrected chi connectivity index (χ3v) is 11.3. The van der Waals surface area contributed by atoms with Gasteiger partial charge in [-0.3, -0.25) is 4.98 Å². The van der Waals surface area contributed by atoms with Crippen LogP contribution in [0.4, 0.5) is 42.9 Å². The van der Waals surface area contributed by atoms with Crippen molar-refractivity contribution < 1.29 is 8.78 Å². The van der Waals surface area contributed by atoms with Gasteiger partial charge in [0.1, 0.15) is 11.6 Å². The molecule has 0 saturated heterocycles. The van der Waals surface area contributed by atoms with Crippen LogP contribution >= 0.6 is 0 Å². The summed E-state index contributed by atoms with van der Waals surface area (Å²) in [6.07, 6.45) is 1.62. The van der Waals surface area contributed by atoms with Gasteiger partial charge in [-0.15, -0.1) is 0 Å². The normalized spacial score (nSPS) is 11.5. The third kappa shape index (κ3) is 6.05. The molecule has 0 aliphatic heterocycles. The summed E-state index contributed by atoms with van der Waals surface area (Å²) in [6.45, 7) is 0. The van der Waals surface area contributed by atoms with E-state index in [0.29, 0.717) is 22.3 Å². The Balaban J connectivity index is 1.19. The Bertz CT molecular complexity index is 3400. The Kier molecular flexibility index (Phi) is 8.48. The number of fused-ring (bicyclic) bond motifs is 8. The fourth-order valence-corrected chi connectivity index (χ4v) is 8.63. The molecule has 0 amide bonds. The van der Waals surface area contributed by atoms with E-state index in [-0.39, 0.29) is 0 Å². The second-order valence-corrected chi connectivity index (χ2v) is 14.9. The van der Waals surface area contributed by atoms with Gasteiger partial charge in [-0.1, -0.05) is 121 Å². The number of hydrogen-bond acceptors (Lipinski definition) is 4. The van der Waals surface area contributed by atoms with Crippen LogP contribution in [0.2, 0.25) is 0 Å². The molecule has 0 fully saturated rings. The zero-order valence-corrected chi connectivity index (χ0v) is 32.2. The van der Waals surface area contributed by atoms with Crippen molar-refractivity contribution in [3.8, 4) is 11.3 Å². The predicted octanol–water partition coefficient (Wildman–Crippen LogP) is 15.1. The second-order valence-electron chi connectivity index (χ2n) is 14.9. The standard InChI is InChI=1S/C54H34F2N4/c55-38-29-37(30-39(56)31-38)50-34-57-53-48-32-42(59(40-17-3-1-4-18-40)51-23-11-15-35-13-7-9-21-44(35)51)25-27-46(48)47-28-26-43(33-49(47)54(53)58-50)60(41-19-5-2-6-20-41)52-24-12-16-36-14-8-10-22-45(36)52/h1-34H. The van der Waals surface area contributed by atoms with E-state index >= 15 is 0 Å². The molecule has 6 heteroatoms. The van der Waals surface area contributed by atoms with Crippen molar-refractivity contribution in [2.24, 2.45) is 0 Å². The molecule has 1 aromatic heterocycles. The lowest BCUT2D eigenvalue weighted by atomic mass is 9.97. The van der Waals surface area contributed by atoms with Crippen molar-refractivity contribution in [1.29, 1.82) is 0 Å². The van der Waals surface area contributed by atoms with E-state index in [4.69, 9.17) is 9.97 Å². The molecule has 11 rings (SSSR count). The van der Waals surface area contributed by atoms with E-state index in [0.717, 1.165) is 83.3 Å². The van der Waals surface area contributed by atoms with Gasteiger partial charge in [-0.05, 0) is 94.3 Å². The van der Waals surface area contributed by atoms with Gasteiger partial charge in [-0.25, -0.2) is 13.8 Å². The average molecular weight is 777 g/mol. The molecule has 0 bridgehead atoms. The SMILES string of the molecule is Fc1cc(F)cc(-c2cnc3c4cc(N(c5ccccc5)c5cccc6ccccc56)ccc4c4ccc(N(c5ccccc5)c5cccc6ccccc56)cc4c3n2)c1. The number of rotatable bonds is 7. The van der Waals surface area contributed by atoms with Gasteiger partial charge in [0.05, 0.1) is 34.3 Å². The Morgan fingerprint density at radius 1 is 0.350 bits per heavy atom. The van der Waals surface area contributed by atoms with Gasteiger partial charge < -0.3 is 9.80 Å². The highest BCUT2D eigenvalue weighted by atomic mass is 19.1. The Labute approximate surface area is 344 Å². The molecule has 0 aliphatic carbocycles. The molecule has 1 heterocycles. The number of hydrogen-bond donors (Lipinski definition) is 0. The second kappa shape index (κ2) is 14.5. The van der Waals surface area contributed by atoms with E-state index in [9.17, 15) is 8.78 Å². The molecule has 4 nitrogen and oxygen atoms in total. The number of benzene rings is 10. The van der Waals surface area contributed by atoms with Crippen molar-refractivity contribution in [1.82, 2.24) is 9.97 Å². The summed E-state index contributed by atoms with van der Waals surface area (Å²) < 4.78 is 29.3. The van der Waals surface area contributed by atoms with Crippen LogP contribution in [0.25, 0.3) is 65.4 Å². The lowest BCUT2D eigenvalue weighted by molar-refractivity contribution is 0.584. The monoisotopic (exact) mass is 776 g/mol.